The molecular weight excluding hydrogens is 291 g/mol. The first-order chi connectivity index (χ1) is 10.0. The van der Waals surface area contributed by atoms with Crippen LogP contribution in [0.15, 0.2) is 24.7 Å². The molecule has 5 nitrogen and oxygen atoms in total. The van der Waals surface area contributed by atoms with Crippen molar-refractivity contribution in [2.75, 3.05) is 24.0 Å². The van der Waals surface area contributed by atoms with E-state index in [0.29, 0.717) is 23.5 Å². The van der Waals surface area contributed by atoms with E-state index >= 15 is 0 Å². The first-order valence-corrected chi connectivity index (χ1v) is 7.85. The Morgan fingerprint density at radius 1 is 1.48 bits per heavy atom. The molecule has 0 spiro atoms. The lowest BCUT2D eigenvalue weighted by Crippen LogP contribution is -2.26. The van der Waals surface area contributed by atoms with Crippen molar-refractivity contribution in [1.29, 1.82) is 0 Å². The summed E-state index contributed by atoms with van der Waals surface area (Å²) in [6.07, 6.45) is 6.81. The third kappa shape index (κ3) is 3.60. The Kier molecular flexibility index (Phi) is 4.95. The largest absolute Gasteiger partial charge is 0.312 e. The van der Waals surface area contributed by atoms with Crippen LogP contribution >= 0.6 is 11.8 Å². The van der Waals surface area contributed by atoms with Crippen molar-refractivity contribution in [3.63, 3.8) is 0 Å². The topological polar surface area (TPSA) is 51.0 Å². The van der Waals surface area contributed by atoms with Crippen LogP contribution in [0.5, 0.6) is 0 Å². The van der Waals surface area contributed by atoms with Crippen LogP contribution in [0, 0.1) is 12.7 Å². The Hall–Kier alpha value is -1.89. The molecule has 0 fully saturated rings. The molecule has 0 atom stereocenters. The van der Waals surface area contributed by atoms with Crippen LogP contribution in [-0.4, -0.2) is 39.7 Å². The number of aryl methyl sites for hydroxylation is 1. The van der Waals surface area contributed by atoms with Gasteiger partial charge in [-0.3, -0.25) is 9.78 Å². The average molecular weight is 308 g/mol. The van der Waals surface area contributed by atoms with Gasteiger partial charge in [0.2, 0.25) is 5.91 Å². The predicted molar refractivity (Wildman–Crippen MR) is 82.5 cm³/mol. The summed E-state index contributed by atoms with van der Waals surface area (Å²) in [6.45, 7) is 1.82. The van der Waals surface area contributed by atoms with E-state index in [4.69, 9.17) is 0 Å². The quantitative estimate of drug-likeness (QED) is 0.851. The molecule has 0 saturated carbocycles. The maximum atomic E-state index is 13.2. The van der Waals surface area contributed by atoms with Gasteiger partial charge in [-0.05, 0) is 13.2 Å². The molecule has 0 bridgehead atoms. The summed E-state index contributed by atoms with van der Waals surface area (Å²) in [5.74, 6) is 0.389. The first-order valence-electron chi connectivity index (χ1n) is 6.45. The zero-order valence-corrected chi connectivity index (χ0v) is 13.0. The maximum Gasteiger partial charge on any atom is 0.227 e. The minimum Gasteiger partial charge on any atom is -0.312 e. The lowest BCUT2D eigenvalue weighted by molar-refractivity contribution is -0.117. The Balaban J connectivity index is 2.25. The van der Waals surface area contributed by atoms with Gasteiger partial charge in [-0.25, -0.2) is 9.07 Å². The fourth-order valence-electron chi connectivity index (χ4n) is 1.93. The van der Waals surface area contributed by atoms with Gasteiger partial charge in [0.05, 0.1) is 35.7 Å². The van der Waals surface area contributed by atoms with E-state index in [1.165, 1.54) is 16.9 Å². The minimum absolute atomic E-state index is 0.0318. The number of hydrogen-bond acceptors (Lipinski definition) is 4. The lowest BCUT2D eigenvalue weighted by Gasteiger charge is -2.15. The van der Waals surface area contributed by atoms with E-state index < -0.39 is 5.82 Å². The van der Waals surface area contributed by atoms with Gasteiger partial charge in [0.15, 0.2) is 0 Å². The molecule has 0 radical (unpaired) electrons. The second-order valence-electron chi connectivity index (χ2n) is 4.60. The fourth-order valence-corrected chi connectivity index (χ4v) is 2.31. The molecule has 0 unspecified atom stereocenters. The number of anilines is 1. The molecule has 2 aromatic rings. The molecule has 2 heterocycles. The third-order valence-corrected chi connectivity index (χ3v) is 3.70. The summed E-state index contributed by atoms with van der Waals surface area (Å²) in [7, 11) is 1.72. The zero-order valence-electron chi connectivity index (χ0n) is 12.2. The van der Waals surface area contributed by atoms with Gasteiger partial charge in [-0.15, -0.1) is 0 Å². The Labute approximate surface area is 127 Å². The molecule has 0 aliphatic rings. The standard InChI is InChI=1S/C14H17FN4OS/c1-10-13(18(2)14(20)4-5-21-3)9-19(17-10)12-6-11(15)7-16-8-12/h6-9H,4-5H2,1-3H3. The highest BCUT2D eigenvalue weighted by atomic mass is 32.2. The second kappa shape index (κ2) is 6.71. The highest BCUT2D eigenvalue weighted by Crippen LogP contribution is 2.21. The minimum atomic E-state index is -0.424. The van der Waals surface area contributed by atoms with Gasteiger partial charge in [-0.1, -0.05) is 0 Å². The molecular formula is C14H17FN4OS. The van der Waals surface area contributed by atoms with Crippen molar-refractivity contribution in [3.8, 4) is 5.69 Å². The smallest absolute Gasteiger partial charge is 0.227 e. The van der Waals surface area contributed by atoms with Crippen molar-refractivity contribution >= 4 is 23.4 Å². The molecule has 0 saturated heterocycles. The summed E-state index contributed by atoms with van der Waals surface area (Å²) in [6, 6.07) is 1.35. The van der Waals surface area contributed by atoms with E-state index in [1.54, 1.807) is 29.9 Å². The van der Waals surface area contributed by atoms with Crippen LogP contribution in [0.1, 0.15) is 12.1 Å². The summed E-state index contributed by atoms with van der Waals surface area (Å²) in [5.41, 5.74) is 1.94. The third-order valence-electron chi connectivity index (χ3n) is 3.08. The number of pyridine rings is 1. The van der Waals surface area contributed by atoms with Gasteiger partial charge in [0, 0.05) is 25.3 Å². The second-order valence-corrected chi connectivity index (χ2v) is 5.59. The molecule has 112 valence electrons. The van der Waals surface area contributed by atoms with Crippen molar-refractivity contribution < 1.29 is 9.18 Å². The number of aromatic nitrogens is 3. The van der Waals surface area contributed by atoms with Crippen LogP contribution < -0.4 is 4.90 Å². The monoisotopic (exact) mass is 308 g/mol. The Morgan fingerprint density at radius 2 is 2.24 bits per heavy atom. The summed E-state index contributed by atoms with van der Waals surface area (Å²) in [4.78, 5) is 17.4. The molecule has 1 amide bonds. The van der Waals surface area contributed by atoms with Crippen molar-refractivity contribution in [1.82, 2.24) is 14.8 Å². The summed E-state index contributed by atoms with van der Waals surface area (Å²) < 4.78 is 14.7. The van der Waals surface area contributed by atoms with E-state index in [9.17, 15) is 9.18 Å². The van der Waals surface area contributed by atoms with Gasteiger partial charge < -0.3 is 4.90 Å². The first kappa shape index (κ1) is 15.5. The number of thioether (sulfide) groups is 1. The summed E-state index contributed by atoms with van der Waals surface area (Å²) in [5, 5.41) is 4.32. The number of nitrogens with zero attached hydrogens (tertiary/aromatic N) is 4. The van der Waals surface area contributed by atoms with E-state index in [0.717, 1.165) is 11.9 Å². The maximum absolute atomic E-state index is 13.2. The molecule has 0 aliphatic heterocycles. The molecule has 0 N–H and O–H groups in total. The number of carbonyl (C=O) groups is 1. The normalized spacial score (nSPS) is 10.7. The molecule has 0 aromatic carbocycles. The van der Waals surface area contributed by atoms with Gasteiger partial charge in [0.25, 0.3) is 0 Å². The average Bonchev–Trinajstić information content (AvgIpc) is 2.86. The van der Waals surface area contributed by atoms with E-state index in [2.05, 4.69) is 10.1 Å². The van der Waals surface area contributed by atoms with Gasteiger partial charge in [-0.2, -0.15) is 16.9 Å². The van der Waals surface area contributed by atoms with Crippen molar-refractivity contribution in [3.05, 3.63) is 36.2 Å². The SMILES string of the molecule is CSCCC(=O)N(C)c1cn(-c2cncc(F)c2)nc1C. The number of amides is 1. The lowest BCUT2D eigenvalue weighted by atomic mass is 10.3. The van der Waals surface area contributed by atoms with Crippen LogP contribution in [0.25, 0.3) is 5.69 Å². The number of carbonyl (C=O) groups excluding carboxylic acids is 1. The van der Waals surface area contributed by atoms with E-state index in [-0.39, 0.29) is 5.91 Å². The van der Waals surface area contributed by atoms with Crippen molar-refractivity contribution in [2.24, 2.45) is 0 Å². The van der Waals surface area contributed by atoms with Crippen LogP contribution in [-0.2, 0) is 4.79 Å². The van der Waals surface area contributed by atoms with Crippen LogP contribution in [0.4, 0.5) is 10.1 Å². The molecule has 2 aromatic heterocycles. The van der Waals surface area contributed by atoms with Crippen LogP contribution in [0.2, 0.25) is 0 Å². The Bertz CT molecular complexity index is 644. The number of rotatable bonds is 5. The van der Waals surface area contributed by atoms with Gasteiger partial charge >= 0.3 is 0 Å². The number of halogens is 1. The molecule has 21 heavy (non-hydrogen) atoms. The fraction of sp³-hybridized carbons (Fsp3) is 0.357. The highest BCUT2D eigenvalue weighted by molar-refractivity contribution is 7.98. The van der Waals surface area contributed by atoms with Gasteiger partial charge in [0.1, 0.15) is 5.82 Å². The number of hydrogen-bond donors (Lipinski definition) is 0. The van der Waals surface area contributed by atoms with Crippen LogP contribution in [0.3, 0.4) is 0 Å². The van der Waals surface area contributed by atoms with E-state index in [1.807, 2.05) is 13.2 Å². The van der Waals surface area contributed by atoms with Crippen molar-refractivity contribution in [2.45, 2.75) is 13.3 Å². The molecule has 7 heteroatoms. The molecule has 2 rings (SSSR count). The molecule has 0 aliphatic carbocycles. The summed E-state index contributed by atoms with van der Waals surface area (Å²) >= 11 is 1.63. The predicted octanol–water partition coefficient (Wildman–Crippen LogP) is 2.43. The zero-order chi connectivity index (χ0) is 15.4. The Morgan fingerprint density at radius 3 is 2.90 bits per heavy atom. The highest BCUT2D eigenvalue weighted by Gasteiger charge is 2.16.